The molecule has 6 rings (SSSR count). The summed E-state index contributed by atoms with van der Waals surface area (Å²) in [5.41, 5.74) is 8.47. The average Bonchev–Trinajstić information content (AvgIpc) is 3.80. The number of carbonyl (C=O) groups is 2. The molecule has 0 radical (unpaired) electrons. The van der Waals surface area contributed by atoms with E-state index in [1.165, 1.54) is 7.11 Å². The first-order valence-electron chi connectivity index (χ1n) is 17.9. The summed E-state index contributed by atoms with van der Waals surface area (Å²) in [6.45, 7) is 16.5. The summed E-state index contributed by atoms with van der Waals surface area (Å²) in [5, 5.41) is 23.9. The number of aryl methyl sites for hydroxylation is 2. The second-order valence-electron chi connectivity index (χ2n) is 14.7. The molecule has 3 aromatic rings. The van der Waals surface area contributed by atoms with Gasteiger partial charge < -0.3 is 29.7 Å². The van der Waals surface area contributed by atoms with Crippen LogP contribution in [0.3, 0.4) is 0 Å². The van der Waals surface area contributed by atoms with E-state index < -0.39 is 11.9 Å². The summed E-state index contributed by atoms with van der Waals surface area (Å²) in [6.07, 6.45) is 2.28. The number of nitrogens with one attached hydrogen (secondary N) is 2. The molecule has 0 saturated heterocycles. The first kappa shape index (κ1) is 35.2. The number of fused-ring (bicyclic) bond motifs is 8. The average molecular weight is 683 g/mol. The molecular weight excluding hydrogens is 632 g/mol. The Bertz CT molecular complexity index is 2160. The van der Waals surface area contributed by atoms with Crippen molar-refractivity contribution in [2.45, 2.75) is 111 Å². The summed E-state index contributed by atoms with van der Waals surface area (Å²) in [4.78, 5) is 43.9. The number of hydrogen-bond donors (Lipinski definition) is 4. The van der Waals surface area contributed by atoms with E-state index in [2.05, 4.69) is 44.6 Å². The molecule has 4 N–H and O–H groups in total. The Morgan fingerprint density at radius 1 is 0.940 bits per heavy atom. The highest BCUT2D eigenvalue weighted by atomic mass is 16.5. The minimum Gasteiger partial charge on any atom is -0.512 e. The monoisotopic (exact) mass is 682 g/mol. The van der Waals surface area contributed by atoms with Gasteiger partial charge in [-0.2, -0.15) is 0 Å². The molecule has 8 bridgehead atoms. The van der Waals surface area contributed by atoms with Crippen molar-refractivity contribution >= 4 is 45.5 Å². The van der Waals surface area contributed by atoms with Crippen molar-refractivity contribution < 1.29 is 29.3 Å². The normalized spacial score (nSPS) is 21.9. The lowest BCUT2D eigenvalue weighted by atomic mass is 9.84. The first-order valence-corrected chi connectivity index (χ1v) is 17.9. The predicted octanol–water partition coefficient (Wildman–Crippen LogP) is 7.11. The highest BCUT2D eigenvalue weighted by Crippen LogP contribution is 2.46. The first-order chi connectivity index (χ1) is 23.8. The van der Waals surface area contributed by atoms with Gasteiger partial charge >= 0.3 is 11.9 Å². The Hall–Kier alpha value is -4.60. The Morgan fingerprint density at radius 3 is 2.24 bits per heavy atom. The zero-order valence-electron chi connectivity index (χ0n) is 30.7. The number of aromatic amines is 2. The van der Waals surface area contributed by atoms with E-state index in [4.69, 9.17) is 19.4 Å². The topological polar surface area (TPSA) is 150 Å². The number of aliphatic hydroxyl groups is 2. The lowest BCUT2D eigenvalue weighted by Crippen LogP contribution is -2.18. The number of H-pyrrole nitrogens is 2. The number of hydrogen-bond acceptors (Lipinski definition) is 8. The molecular formula is C40H50N4O6. The number of rotatable bonds is 8. The molecule has 0 fully saturated rings. The number of ether oxygens (including phenoxy) is 2. The number of aliphatic hydroxyl groups excluding tert-OH is 2. The zero-order chi connectivity index (χ0) is 36.2. The Morgan fingerprint density at radius 2 is 1.58 bits per heavy atom. The van der Waals surface area contributed by atoms with E-state index in [0.29, 0.717) is 40.9 Å². The maximum atomic E-state index is 13.5. The summed E-state index contributed by atoms with van der Waals surface area (Å²) < 4.78 is 10.8. The van der Waals surface area contributed by atoms with Crippen LogP contribution in [-0.4, -0.2) is 55.8 Å². The molecule has 10 heteroatoms. The third-order valence-electron chi connectivity index (χ3n) is 11.1. The SMILES string of the molecule is CCC1c2cc3[nH]c4c(c5nc(cc6[nH]c(cc(n2)C1C)c(=C(C)O)c6C)C(C)C5CCC(=O)OCCC(C)C)C(C(=O)OC)C(O)=c4c3C. The van der Waals surface area contributed by atoms with Gasteiger partial charge in [0.05, 0.1) is 36.2 Å². The molecule has 5 heterocycles. The third-order valence-corrected chi connectivity index (χ3v) is 11.1. The van der Waals surface area contributed by atoms with Crippen molar-refractivity contribution in [1.82, 2.24) is 19.9 Å². The minimum absolute atomic E-state index is 0.0752. The molecule has 0 saturated carbocycles. The lowest BCUT2D eigenvalue weighted by Gasteiger charge is -2.19. The lowest BCUT2D eigenvalue weighted by molar-refractivity contribution is -0.144. The Balaban J connectivity index is 1.69. The Labute approximate surface area is 292 Å². The fraction of sp³-hybridized carbons (Fsp3) is 0.500. The van der Waals surface area contributed by atoms with Gasteiger partial charge in [-0.05, 0) is 75.3 Å². The number of aromatic nitrogens is 4. The van der Waals surface area contributed by atoms with Crippen molar-refractivity contribution in [2.75, 3.05) is 13.7 Å². The summed E-state index contributed by atoms with van der Waals surface area (Å²) in [6, 6.07) is 6.08. The van der Waals surface area contributed by atoms with Crippen LogP contribution in [0.2, 0.25) is 0 Å². The van der Waals surface area contributed by atoms with Gasteiger partial charge in [-0.15, -0.1) is 0 Å². The molecule has 1 aliphatic carbocycles. The smallest absolute Gasteiger partial charge is 0.321 e. The molecule has 0 aromatic carbocycles. The molecule has 10 nitrogen and oxygen atoms in total. The van der Waals surface area contributed by atoms with Crippen molar-refractivity contribution in [1.29, 1.82) is 0 Å². The van der Waals surface area contributed by atoms with Crippen LogP contribution in [0.1, 0.15) is 136 Å². The quantitative estimate of drug-likeness (QED) is 0.184. The maximum absolute atomic E-state index is 13.5. The van der Waals surface area contributed by atoms with Gasteiger partial charge in [0.1, 0.15) is 11.7 Å². The molecule has 0 spiro atoms. The van der Waals surface area contributed by atoms with E-state index in [1.807, 2.05) is 32.0 Å². The van der Waals surface area contributed by atoms with Crippen LogP contribution in [0.4, 0.5) is 0 Å². The van der Waals surface area contributed by atoms with E-state index in [9.17, 15) is 19.8 Å². The highest BCUT2D eigenvalue weighted by molar-refractivity contribution is 5.96. The molecule has 0 amide bonds. The Kier molecular flexibility index (Phi) is 9.59. The largest absolute Gasteiger partial charge is 0.512 e. The second kappa shape index (κ2) is 13.6. The second-order valence-corrected chi connectivity index (χ2v) is 14.7. The third kappa shape index (κ3) is 5.96. The standard InChI is InChI=1S/C40H50N4O6/c1-10-24-19(4)26-17-31-33(23(8)45)21(6)28(42-31)15-27-20(5)25(11-12-32(46)50-14-13-18(2)3)37(43-27)35-36(40(48)49-9)39(47)34-22(7)29(44-38(34)35)16-30(24)41-26/h15-20,24-25,36,42,44-45,47H,10-14H2,1-9H3. The van der Waals surface area contributed by atoms with Crippen molar-refractivity contribution in [3.05, 3.63) is 68.1 Å². The van der Waals surface area contributed by atoms with Gasteiger partial charge in [-0.25, -0.2) is 0 Å². The van der Waals surface area contributed by atoms with E-state index in [-0.39, 0.29) is 47.6 Å². The van der Waals surface area contributed by atoms with E-state index >= 15 is 0 Å². The zero-order valence-corrected chi connectivity index (χ0v) is 30.7. The van der Waals surface area contributed by atoms with Crippen LogP contribution in [0.15, 0.2) is 18.2 Å². The van der Waals surface area contributed by atoms with E-state index in [0.717, 1.165) is 62.8 Å². The van der Waals surface area contributed by atoms with E-state index in [1.54, 1.807) is 6.92 Å². The molecule has 3 aliphatic rings. The van der Waals surface area contributed by atoms with Crippen molar-refractivity contribution in [3.8, 4) is 0 Å². The van der Waals surface area contributed by atoms with Gasteiger partial charge in [-0.1, -0.05) is 34.6 Å². The minimum atomic E-state index is -1.07. The highest BCUT2D eigenvalue weighted by Gasteiger charge is 2.41. The fourth-order valence-corrected chi connectivity index (χ4v) is 8.12. The van der Waals surface area contributed by atoms with Crippen LogP contribution >= 0.6 is 0 Å². The van der Waals surface area contributed by atoms with Crippen LogP contribution in [0.25, 0.3) is 33.6 Å². The number of nitrogens with zero attached hydrogens (tertiary/aromatic N) is 2. The van der Waals surface area contributed by atoms with Crippen LogP contribution in [-0.2, 0) is 19.1 Å². The molecule has 266 valence electrons. The maximum Gasteiger partial charge on any atom is 0.321 e. The predicted molar refractivity (Wildman–Crippen MR) is 194 cm³/mol. The number of methoxy groups -OCH3 is 1. The van der Waals surface area contributed by atoms with Gasteiger partial charge in [0.25, 0.3) is 0 Å². The molecule has 5 atom stereocenters. The van der Waals surface area contributed by atoms with Gasteiger partial charge in [0.2, 0.25) is 0 Å². The summed E-state index contributed by atoms with van der Waals surface area (Å²) >= 11 is 0. The molecule has 3 aromatic heterocycles. The molecule has 2 aliphatic heterocycles. The molecule has 5 unspecified atom stereocenters. The number of esters is 2. The van der Waals surface area contributed by atoms with Crippen LogP contribution in [0.5, 0.6) is 0 Å². The fourth-order valence-electron chi connectivity index (χ4n) is 8.12. The number of carbonyl (C=O) groups excluding carboxylic acids is 2. The molecule has 50 heavy (non-hydrogen) atoms. The van der Waals surface area contributed by atoms with Crippen molar-refractivity contribution in [3.63, 3.8) is 0 Å². The summed E-state index contributed by atoms with van der Waals surface area (Å²) in [7, 11) is 1.32. The van der Waals surface area contributed by atoms with Gasteiger partial charge in [0.15, 0.2) is 0 Å². The summed E-state index contributed by atoms with van der Waals surface area (Å²) in [5.74, 6) is -1.51. The van der Waals surface area contributed by atoms with Crippen LogP contribution < -0.4 is 10.4 Å². The van der Waals surface area contributed by atoms with Gasteiger partial charge in [-0.3, -0.25) is 19.6 Å². The van der Waals surface area contributed by atoms with Crippen molar-refractivity contribution in [2.24, 2.45) is 5.92 Å². The van der Waals surface area contributed by atoms with Gasteiger partial charge in [0, 0.05) is 74.2 Å². The van der Waals surface area contributed by atoms with Crippen LogP contribution in [0, 0.1) is 19.8 Å².